The predicted octanol–water partition coefficient (Wildman–Crippen LogP) is 2.68. The van der Waals surface area contributed by atoms with Crippen molar-refractivity contribution in [2.75, 3.05) is 5.32 Å². The van der Waals surface area contributed by atoms with E-state index >= 15 is 0 Å². The van der Waals surface area contributed by atoms with Gasteiger partial charge in [0.2, 0.25) is 5.91 Å². The number of benzene rings is 1. The van der Waals surface area contributed by atoms with Gasteiger partial charge in [-0.1, -0.05) is 28.1 Å². The maximum absolute atomic E-state index is 11.5. The van der Waals surface area contributed by atoms with Crippen molar-refractivity contribution in [2.24, 2.45) is 5.73 Å². The zero-order valence-corrected chi connectivity index (χ0v) is 11.5. The summed E-state index contributed by atoms with van der Waals surface area (Å²) in [5.41, 5.74) is 8.14. The highest BCUT2D eigenvalue weighted by Gasteiger charge is 2.09. The van der Waals surface area contributed by atoms with Crippen LogP contribution in [0.2, 0.25) is 0 Å². The van der Waals surface area contributed by atoms with E-state index in [-0.39, 0.29) is 17.3 Å². The summed E-state index contributed by atoms with van der Waals surface area (Å²) in [5, 5.41) is 2.81. The number of thiocarbonyl (C=S) groups is 1. The summed E-state index contributed by atoms with van der Waals surface area (Å²) >= 11 is 8.08. The monoisotopic (exact) mass is 300 g/mol. The maximum Gasteiger partial charge on any atom is 0.231 e. The van der Waals surface area contributed by atoms with E-state index in [0.717, 1.165) is 21.3 Å². The largest absolute Gasteiger partial charge is 0.393 e. The highest BCUT2D eigenvalue weighted by Crippen LogP contribution is 2.25. The first-order valence-electron chi connectivity index (χ1n) is 4.75. The second kappa shape index (κ2) is 5.41. The Morgan fingerprint density at radius 3 is 2.38 bits per heavy atom. The third-order valence-electron chi connectivity index (χ3n) is 2.10. The Labute approximate surface area is 109 Å². The van der Waals surface area contributed by atoms with Gasteiger partial charge in [0.1, 0.15) is 0 Å². The number of carbonyl (C=O) groups is 1. The third-order valence-corrected chi connectivity index (χ3v) is 2.70. The SMILES string of the molecule is Cc1cc(Br)cc(C)c1NC(=O)CC(N)=S. The van der Waals surface area contributed by atoms with Gasteiger partial charge in [-0.15, -0.1) is 0 Å². The minimum atomic E-state index is -0.180. The minimum absolute atomic E-state index is 0.0737. The molecule has 5 heteroatoms. The van der Waals surface area contributed by atoms with Crippen LogP contribution >= 0.6 is 28.1 Å². The van der Waals surface area contributed by atoms with Crippen molar-refractivity contribution < 1.29 is 4.79 Å². The van der Waals surface area contributed by atoms with Crippen molar-refractivity contribution in [3.63, 3.8) is 0 Å². The first-order valence-corrected chi connectivity index (χ1v) is 5.95. The van der Waals surface area contributed by atoms with Gasteiger partial charge in [0, 0.05) is 10.2 Å². The summed E-state index contributed by atoms with van der Waals surface area (Å²) < 4.78 is 0.995. The Morgan fingerprint density at radius 2 is 1.94 bits per heavy atom. The van der Waals surface area contributed by atoms with Gasteiger partial charge in [-0.2, -0.15) is 0 Å². The number of nitrogens with two attached hydrogens (primary N) is 1. The topological polar surface area (TPSA) is 55.1 Å². The summed E-state index contributed by atoms with van der Waals surface area (Å²) in [6.45, 7) is 3.88. The van der Waals surface area contributed by atoms with E-state index in [9.17, 15) is 4.79 Å². The van der Waals surface area contributed by atoms with Gasteiger partial charge in [-0.05, 0) is 37.1 Å². The van der Waals surface area contributed by atoms with Crippen molar-refractivity contribution >= 4 is 44.7 Å². The van der Waals surface area contributed by atoms with Gasteiger partial charge in [-0.3, -0.25) is 4.79 Å². The average Bonchev–Trinajstić information content (AvgIpc) is 2.09. The molecule has 86 valence electrons. The van der Waals surface area contributed by atoms with E-state index in [4.69, 9.17) is 5.73 Å². The molecule has 0 aliphatic carbocycles. The number of carbonyl (C=O) groups excluding carboxylic acids is 1. The highest BCUT2D eigenvalue weighted by atomic mass is 79.9. The fourth-order valence-corrected chi connectivity index (χ4v) is 2.27. The molecule has 0 radical (unpaired) electrons. The average molecular weight is 301 g/mol. The smallest absolute Gasteiger partial charge is 0.231 e. The Balaban J connectivity index is 2.89. The zero-order chi connectivity index (χ0) is 12.3. The first kappa shape index (κ1) is 13.1. The molecule has 1 amide bonds. The van der Waals surface area contributed by atoms with Crippen molar-refractivity contribution in [3.8, 4) is 0 Å². The predicted molar refractivity (Wildman–Crippen MR) is 73.6 cm³/mol. The van der Waals surface area contributed by atoms with E-state index in [0.29, 0.717) is 0 Å². The van der Waals surface area contributed by atoms with Crippen LogP contribution in [0.4, 0.5) is 5.69 Å². The summed E-state index contributed by atoms with van der Waals surface area (Å²) in [4.78, 5) is 11.7. The lowest BCUT2D eigenvalue weighted by atomic mass is 10.1. The molecular weight excluding hydrogens is 288 g/mol. The molecule has 0 aliphatic rings. The van der Waals surface area contributed by atoms with Crippen LogP contribution in [0, 0.1) is 13.8 Å². The standard InChI is InChI=1S/C11H13BrN2OS/c1-6-3-8(12)4-7(2)11(6)14-10(15)5-9(13)16/h3-4H,5H2,1-2H3,(H2,13,16)(H,14,15). The Hall–Kier alpha value is -0.940. The first-order chi connectivity index (χ1) is 7.40. The third kappa shape index (κ3) is 3.57. The lowest BCUT2D eigenvalue weighted by Crippen LogP contribution is -2.21. The number of hydrogen-bond donors (Lipinski definition) is 2. The zero-order valence-electron chi connectivity index (χ0n) is 9.13. The van der Waals surface area contributed by atoms with E-state index in [2.05, 4.69) is 33.5 Å². The molecule has 0 heterocycles. The van der Waals surface area contributed by atoms with Crippen LogP contribution in [0.3, 0.4) is 0 Å². The fraction of sp³-hybridized carbons (Fsp3) is 0.273. The molecule has 0 spiro atoms. The van der Waals surface area contributed by atoms with Crippen LogP contribution in [0.5, 0.6) is 0 Å². The molecule has 0 aromatic heterocycles. The van der Waals surface area contributed by atoms with Gasteiger partial charge < -0.3 is 11.1 Å². The van der Waals surface area contributed by atoms with Gasteiger partial charge in [-0.25, -0.2) is 0 Å². The fourth-order valence-electron chi connectivity index (χ4n) is 1.45. The Bertz CT molecular complexity index is 423. The second-order valence-corrected chi connectivity index (χ2v) is 5.05. The van der Waals surface area contributed by atoms with Crippen molar-refractivity contribution in [1.82, 2.24) is 0 Å². The Morgan fingerprint density at radius 1 is 1.44 bits per heavy atom. The maximum atomic E-state index is 11.5. The van der Waals surface area contributed by atoms with Crippen LogP contribution in [0.15, 0.2) is 16.6 Å². The molecule has 3 N–H and O–H groups in total. The number of halogens is 1. The number of aryl methyl sites for hydroxylation is 2. The van der Waals surface area contributed by atoms with Crippen LogP contribution in [0.1, 0.15) is 17.5 Å². The van der Waals surface area contributed by atoms with Gasteiger partial charge in [0.15, 0.2) is 0 Å². The molecular formula is C11H13BrN2OS. The molecule has 0 saturated heterocycles. The van der Waals surface area contributed by atoms with Gasteiger partial charge in [0.05, 0.1) is 11.4 Å². The lowest BCUT2D eigenvalue weighted by molar-refractivity contribution is -0.115. The molecule has 0 unspecified atom stereocenters. The lowest BCUT2D eigenvalue weighted by Gasteiger charge is -2.12. The normalized spacial score (nSPS) is 9.94. The molecule has 16 heavy (non-hydrogen) atoms. The van der Waals surface area contributed by atoms with Gasteiger partial charge >= 0.3 is 0 Å². The molecule has 0 saturated carbocycles. The van der Waals surface area contributed by atoms with E-state index in [1.807, 2.05) is 26.0 Å². The van der Waals surface area contributed by atoms with Crippen molar-refractivity contribution in [2.45, 2.75) is 20.3 Å². The van der Waals surface area contributed by atoms with Crippen LogP contribution in [0.25, 0.3) is 0 Å². The van der Waals surface area contributed by atoms with E-state index in [1.165, 1.54) is 0 Å². The molecule has 0 aliphatic heterocycles. The molecule has 1 aromatic rings. The molecule has 0 fully saturated rings. The second-order valence-electron chi connectivity index (χ2n) is 3.61. The number of anilines is 1. The highest BCUT2D eigenvalue weighted by molar-refractivity contribution is 9.10. The number of nitrogens with one attached hydrogen (secondary N) is 1. The number of rotatable bonds is 3. The number of amides is 1. The summed E-state index contributed by atoms with van der Waals surface area (Å²) in [5.74, 6) is -0.180. The minimum Gasteiger partial charge on any atom is -0.393 e. The van der Waals surface area contributed by atoms with Crippen LogP contribution < -0.4 is 11.1 Å². The quantitative estimate of drug-likeness (QED) is 0.844. The molecule has 0 atom stereocenters. The summed E-state index contributed by atoms with van der Waals surface area (Å²) in [7, 11) is 0. The van der Waals surface area contributed by atoms with Crippen molar-refractivity contribution in [3.05, 3.63) is 27.7 Å². The van der Waals surface area contributed by atoms with Crippen molar-refractivity contribution in [1.29, 1.82) is 0 Å². The van der Waals surface area contributed by atoms with E-state index < -0.39 is 0 Å². The Kier molecular flexibility index (Phi) is 4.44. The molecule has 0 bridgehead atoms. The molecule has 1 aromatic carbocycles. The van der Waals surface area contributed by atoms with Gasteiger partial charge in [0.25, 0.3) is 0 Å². The molecule has 3 nitrogen and oxygen atoms in total. The summed E-state index contributed by atoms with van der Waals surface area (Å²) in [6, 6.07) is 3.90. The van der Waals surface area contributed by atoms with E-state index in [1.54, 1.807) is 0 Å². The number of hydrogen-bond acceptors (Lipinski definition) is 2. The summed E-state index contributed by atoms with van der Waals surface area (Å²) in [6.07, 6.45) is 0.0737. The van der Waals surface area contributed by atoms with Crippen LogP contribution in [-0.2, 0) is 4.79 Å². The molecule has 1 rings (SSSR count). The van der Waals surface area contributed by atoms with Crippen LogP contribution in [-0.4, -0.2) is 10.9 Å².